The first-order chi connectivity index (χ1) is 10.2. The summed E-state index contributed by atoms with van der Waals surface area (Å²) in [7, 11) is 0. The smallest absolute Gasteiger partial charge is 0.271 e. The molecule has 1 aliphatic heterocycles. The maximum absolute atomic E-state index is 11.8. The van der Waals surface area contributed by atoms with E-state index in [-0.39, 0.29) is 12.7 Å². The first kappa shape index (κ1) is 13.6. The van der Waals surface area contributed by atoms with Crippen LogP contribution in [0.5, 0.6) is 11.5 Å². The molecule has 106 valence electrons. The van der Waals surface area contributed by atoms with Gasteiger partial charge in [0, 0.05) is 15.6 Å². The van der Waals surface area contributed by atoms with Gasteiger partial charge in [-0.25, -0.2) is 5.43 Å². The Kier molecular flexibility index (Phi) is 3.87. The molecule has 5 nitrogen and oxygen atoms in total. The number of nitrogens with zero attached hydrogens (tertiary/aromatic N) is 1. The van der Waals surface area contributed by atoms with Crippen molar-refractivity contribution in [2.75, 3.05) is 6.79 Å². The van der Waals surface area contributed by atoms with Gasteiger partial charge in [-0.1, -0.05) is 18.2 Å². The quantitative estimate of drug-likeness (QED) is 0.686. The van der Waals surface area contributed by atoms with Crippen LogP contribution in [0.25, 0.3) is 0 Å². The maximum Gasteiger partial charge on any atom is 0.271 e. The zero-order valence-corrected chi connectivity index (χ0v) is 12.5. The molecule has 0 saturated carbocycles. The van der Waals surface area contributed by atoms with Crippen molar-refractivity contribution in [1.29, 1.82) is 0 Å². The van der Waals surface area contributed by atoms with Gasteiger partial charge in [-0.05, 0) is 40.2 Å². The Morgan fingerprint density at radius 3 is 2.67 bits per heavy atom. The van der Waals surface area contributed by atoms with Gasteiger partial charge in [-0.15, -0.1) is 0 Å². The predicted molar refractivity (Wildman–Crippen MR) is 81.8 cm³/mol. The van der Waals surface area contributed by atoms with Gasteiger partial charge in [0.25, 0.3) is 5.91 Å². The average molecular weight is 347 g/mol. The van der Waals surface area contributed by atoms with E-state index in [1.54, 1.807) is 36.5 Å². The van der Waals surface area contributed by atoms with E-state index in [1.807, 2.05) is 12.1 Å². The van der Waals surface area contributed by atoms with Gasteiger partial charge in [0.05, 0.1) is 6.21 Å². The van der Waals surface area contributed by atoms with Crippen molar-refractivity contribution in [2.45, 2.75) is 0 Å². The molecule has 1 amide bonds. The lowest BCUT2D eigenvalue weighted by Gasteiger charge is -2.02. The van der Waals surface area contributed by atoms with E-state index in [1.165, 1.54) is 0 Å². The van der Waals surface area contributed by atoms with Crippen molar-refractivity contribution >= 4 is 28.1 Å². The third kappa shape index (κ3) is 3.05. The van der Waals surface area contributed by atoms with Crippen molar-refractivity contribution in [2.24, 2.45) is 5.10 Å². The second kappa shape index (κ2) is 5.97. The third-order valence-electron chi connectivity index (χ3n) is 2.90. The van der Waals surface area contributed by atoms with Crippen LogP contribution in [0.2, 0.25) is 0 Å². The second-order valence-electron chi connectivity index (χ2n) is 4.29. The Balaban J connectivity index is 1.71. The number of benzene rings is 2. The van der Waals surface area contributed by atoms with Crippen LogP contribution in [0.3, 0.4) is 0 Å². The van der Waals surface area contributed by atoms with Crippen molar-refractivity contribution in [1.82, 2.24) is 5.43 Å². The van der Waals surface area contributed by atoms with Crippen molar-refractivity contribution in [3.8, 4) is 11.5 Å². The van der Waals surface area contributed by atoms with Gasteiger partial charge in [0.2, 0.25) is 6.79 Å². The first-order valence-corrected chi connectivity index (χ1v) is 7.01. The summed E-state index contributed by atoms with van der Waals surface area (Å²) in [6.07, 6.45) is 1.55. The zero-order valence-electron chi connectivity index (χ0n) is 10.9. The van der Waals surface area contributed by atoms with Crippen LogP contribution in [-0.4, -0.2) is 18.9 Å². The van der Waals surface area contributed by atoms with Gasteiger partial charge < -0.3 is 9.47 Å². The number of hydrogen-bond donors (Lipinski definition) is 1. The fraction of sp³-hybridized carbons (Fsp3) is 0.0667. The summed E-state index contributed by atoms with van der Waals surface area (Å²) < 4.78 is 11.4. The van der Waals surface area contributed by atoms with E-state index in [4.69, 9.17) is 9.47 Å². The molecule has 0 bridgehead atoms. The normalized spacial score (nSPS) is 12.6. The molecule has 0 unspecified atom stereocenters. The summed E-state index contributed by atoms with van der Waals surface area (Å²) in [6.45, 7) is 0.215. The number of rotatable bonds is 3. The number of amides is 1. The van der Waals surface area contributed by atoms with Gasteiger partial charge >= 0.3 is 0 Å². The number of ether oxygens (including phenoxy) is 2. The summed E-state index contributed by atoms with van der Waals surface area (Å²) in [5, 5.41) is 3.95. The predicted octanol–water partition coefficient (Wildman–Crippen LogP) is 2.94. The molecule has 0 radical (unpaired) electrons. The highest BCUT2D eigenvalue weighted by molar-refractivity contribution is 9.10. The molecule has 0 aromatic heterocycles. The molecule has 0 spiro atoms. The molecule has 0 saturated heterocycles. The molecular weight excluding hydrogens is 336 g/mol. The molecule has 1 heterocycles. The largest absolute Gasteiger partial charge is 0.454 e. The van der Waals surface area contributed by atoms with E-state index in [2.05, 4.69) is 26.5 Å². The number of fused-ring (bicyclic) bond motifs is 1. The van der Waals surface area contributed by atoms with Gasteiger partial charge in [0.15, 0.2) is 11.5 Å². The molecule has 1 aliphatic rings. The Hall–Kier alpha value is -2.34. The maximum atomic E-state index is 11.8. The highest BCUT2D eigenvalue weighted by Gasteiger charge is 2.15. The number of carbonyl (C=O) groups excluding carboxylic acids is 1. The number of hydrogen-bond acceptors (Lipinski definition) is 4. The van der Waals surface area contributed by atoms with Crippen LogP contribution in [-0.2, 0) is 0 Å². The molecule has 2 aromatic rings. The number of hydrazone groups is 1. The van der Waals surface area contributed by atoms with Gasteiger partial charge in [0.1, 0.15) is 0 Å². The highest BCUT2D eigenvalue weighted by atomic mass is 79.9. The summed E-state index contributed by atoms with van der Waals surface area (Å²) >= 11 is 3.42. The van der Waals surface area contributed by atoms with E-state index in [0.29, 0.717) is 17.1 Å². The molecule has 21 heavy (non-hydrogen) atoms. The molecule has 0 aliphatic carbocycles. The second-order valence-corrected chi connectivity index (χ2v) is 5.15. The average Bonchev–Trinajstić information content (AvgIpc) is 2.95. The minimum Gasteiger partial charge on any atom is -0.454 e. The van der Waals surface area contributed by atoms with E-state index >= 15 is 0 Å². The minimum absolute atomic E-state index is 0.215. The van der Waals surface area contributed by atoms with Crippen LogP contribution >= 0.6 is 15.9 Å². The highest BCUT2D eigenvalue weighted by Crippen LogP contribution is 2.36. The molecule has 0 atom stereocenters. The van der Waals surface area contributed by atoms with E-state index in [0.717, 1.165) is 10.0 Å². The fourth-order valence-corrected chi connectivity index (χ4v) is 2.27. The molecule has 0 fully saturated rings. The lowest BCUT2D eigenvalue weighted by molar-refractivity contribution is 0.0955. The van der Waals surface area contributed by atoms with Crippen molar-refractivity contribution in [3.05, 3.63) is 58.1 Å². The Labute approximate surface area is 129 Å². The molecule has 2 aromatic carbocycles. The van der Waals surface area contributed by atoms with Crippen LogP contribution in [0, 0.1) is 0 Å². The van der Waals surface area contributed by atoms with E-state index in [9.17, 15) is 4.79 Å². The van der Waals surface area contributed by atoms with Crippen molar-refractivity contribution < 1.29 is 14.3 Å². The molecular formula is C15H11BrN2O3. The number of carbonyl (C=O) groups is 1. The van der Waals surface area contributed by atoms with Crippen LogP contribution in [0.4, 0.5) is 0 Å². The molecule has 3 rings (SSSR count). The lowest BCUT2D eigenvalue weighted by atomic mass is 10.2. The third-order valence-corrected chi connectivity index (χ3v) is 3.58. The van der Waals surface area contributed by atoms with Crippen LogP contribution < -0.4 is 14.9 Å². The Bertz CT molecular complexity index is 702. The molecule has 6 heteroatoms. The first-order valence-electron chi connectivity index (χ1n) is 6.21. The standard InChI is InChI=1S/C15H11BrN2O3/c16-12-7-14-13(20-9-21-14)6-11(12)8-17-18-15(19)10-4-2-1-3-5-10/h1-8H,9H2,(H,18,19)/b17-8-. The van der Waals surface area contributed by atoms with E-state index < -0.39 is 0 Å². The van der Waals surface area contributed by atoms with Gasteiger partial charge in [-0.3, -0.25) is 4.79 Å². The topological polar surface area (TPSA) is 59.9 Å². The van der Waals surface area contributed by atoms with Crippen molar-refractivity contribution in [3.63, 3.8) is 0 Å². The van der Waals surface area contributed by atoms with Gasteiger partial charge in [-0.2, -0.15) is 5.10 Å². The molecule has 1 N–H and O–H groups in total. The summed E-state index contributed by atoms with van der Waals surface area (Å²) in [5.74, 6) is 1.09. The summed E-state index contributed by atoms with van der Waals surface area (Å²) in [6, 6.07) is 12.5. The lowest BCUT2D eigenvalue weighted by Crippen LogP contribution is -2.17. The monoisotopic (exact) mass is 346 g/mol. The number of nitrogens with one attached hydrogen (secondary N) is 1. The van der Waals surface area contributed by atoms with Crippen LogP contribution in [0.1, 0.15) is 15.9 Å². The summed E-state index contributed by atoms with van der Waals surface area (Å²) in [4.78, 5) is 11.8. The summed E-state index contributed by atoms with van der Waals surface area (Å²) in [5.41, 5.74) is 3.82. The fourth-order valence-electron chi connectivity index (χ4n) is 1.85. The Morgan fingerprint density at radius 1 is 1.19 bits per heavy atom. The van der Waals surface area contributed by atoms with Crippen LogP contribution in [0.15, 0.2) is 52.0 Å². The minimum atomic E-state index is -0.260. The Morgan fingerprint density at radius 2 is 1.90 bits per heavy atom. The number of halogens is 1. The zero-order chi connectivity index (χ0) is 14.7. The SMILES string of the molecule is O=C(N/N=C\c1cc2c(cc1Br)OCO2)c1ccccc1.